The van der Waals surface area contributed by atoms with Crippen LogP contribution in [0.4, 0.5) is 23.7 Å². The first-order chi connectivity index (χ1) is 9.42. The molecule has 0 radical (unpaired) electrons. The van der Waals surface area contributed by atoms with Gasteiger partial charge in [0.1, 0.15) is 0 Å². The molecule has 0 aromatic carbocycles. The molecule has 1 unspecified atom stereocenters. The predicted octanol–water partition coefficient (Wildman–Crippen LogP) is 1.42. The van der Waals surface area contributed by atoms with E-state index >= 15 is 0 Å². The zero-order valence-electron chi connectivity index (χ0n) is 10.7. The number of carbonyl (C=O) groups is 1. The van der Waals surface area contributed by atoms with Crippen molar-refractivity contribution in [3.05, 3.63) is 12.4 Å². The van der Waals surface area contributed by atoms with Gasteiger partial charge in [-0.05, 0) is 18.9 Å². The van der Waals surface area contributed by atoms with Crippen molar-refractivity contribution in [3.63, 3.8) is 0 Å². The molecule has 1 aromatic heterocycles. The maximum absolute atomic E-state index is 12.2. The van der Waals surface area contributed by atoms with E-state index < -0.39 is 12.7 Å². The molecule has 1 aliphatic heterocycles. The molecule has 0 spiro atoms. The minimum absolute atomic E-state index is 0.0486. The first kappa shape index (κ1) is 14.6. The Kier molecular flexibility index (Phi) is 4.48. The average Bonchev–Trinajstić information content (AvgIpc) is 2.96. The minimum atomic E-state index is -4.17. The van der Waals surface area contributed by atoms with Crippen LogP contribution in [0.15, 0.2) is 12.4 Å². The lowest BCUT2D eigenvalue weighted by atomic mass is 10.1. The van der Waals surface area contributed by atoms with Gasteiger partial charge in [0.05, 0.1) is 18.4 Å². The number of anilines is 1. The van der Waals surface area contributed by atoms with E-state index in [2.05, 4.69) is 20.8 Å². The van der Waals surface area contributed by atoms with Gasteiger partial charge >= 0.3 is 12.2 Å². The lowest BCUT2D eigenvalue weighted by Gasteiger charge is -2.18. The highest BCUT2D eigenvalue weighted by molar-refractivity contribution is 5.88. The van der Waals surface area contributed by atoms with E-state index in [-0.39, 0.29) is 11.9 Å². The Morgan fingerprint density at radius 3 is 3.00 bits per heavy atom. The van der Waals surface area contributed by atoms with Crippen molar-refractivity contribution in [2.45, 2.75) is 12.6 Å². The van der Waals surface area contributed by atoms with E-state index in [0.29, 0.717) is 31.7 Å². The van der Waals surface area contributed by atoms with E-state index in [4.69, 9.17) is 0 Å². The molecule has 6 nitrogen and oxygen atoms in total. The molecule has 0 aliphatic carbocycles. The fraction of sp³-hybridized carbons (Fsp3) is 0.636. The monoisotopic (exact) mass is 291 g/mol. The summed E-state index contributed by atoms with van der Waals surface area (Å²) in [5, 5.41) is 11.4. The number of hydrogen-bond donors (Lipinski definition) is 3. The zero-order chi connectivity index (χ0) is 14.6. The Morgan fingerprint density at radius 1 is 1.55 bits per heavy atom. The molecule has 3 N–H and O–H groups in total. The van der Waals surface area contributed by atoms with Gasteiger partial charge in [-0.15, -0.1) is 0 Å². The summed E-state index contributed by atoms with van der Waals surface area (Å²) in [6.07, 6.45) is -0.524. The molecule has 1 aliphatic rings. The summed E-state index contributed by atoms with van der Waals surface area (Å²) in [5.74, 6) is 0.0486. The molecule has 1 fully saturated rings. The van der Waals surface area contributed by atoms with Crippen molar-refractivity contribution in [1.82, 2.24) is 20.4 Å². The van der Waals surface area contributed by atoms with Crippen molar-refractivity contribution in [2.24, 2.45) is 5.92 Å². The van der Waals surface area contributed by atoms with Crippen LogP contribution >= 0.6 is 0 Å². The number of nitrogens with zero attached hydrogens (tertiary/aromatic N) is 2. The maximum atomic E-state index is 12.2. The highest BCUT2D eigenvalue weighted by Crippen LogP contribution is 2.22. The second kappa shape index (κ2) is 6.12. The number of hydrogen-bond acceptors (Lipinski definition) is 3. The van der Waals surface area contributed by atoms with E-state index in [9.17, 15) is 18.0 Å². The Balaban J connectivity index is 1.66. The van der Waals surface area contributed by atoms with Gasteiger partial charge in [0.2, 0.25) is 0 Å². The molecular formula is C11H16F3N5O. The molecule has 1 aromatic rings. The van der Waals surface area contributed by atoms with Crippen molar-refractivity contribution < 1.29 is 18.0 Å². The largest absolute Gasteiger partial charge is 0.401 e. The number of halogens is 3. The molecule has 112 valence electrons. The number of aromatic amines is 1. The van der Waals surface area contributed by atoms with Gasteiger partial charge in [-0.3, -0.25) is 10.00 Å². The topological polar surface area (TPSA) is 73.1 Å². The summed E-state index contributed by atoms with van der Waals surface area (Å²) >= 11 is 0. The van der Waals surface area contributed by atoms with Crippen LogP contribution < -0.4 is 10.6 Å². The molecule has 2 amide bonds. The van der Waals surface area contributed by atoms with E-state index in [1.165, 1.54) is 17.3 Å². The van der Waals surface area contributed by atoms with E-state index in [1.54, 1.807) is 0 Å². The van der Waals surface area contributed by atoms with Gasteiger partial charge in [0.25, 0.3) is 0 Å². The molecule has 0 saturated carbocycles. The Bertz CT molecular complexity index is 434. The van der Waals surface area contributed by atoms with Crippen LogP contribution in [0.1, 0.15) is 6.42 Å². The molecule has 9 heteroatoms. The SMILES string of the molecule is O=C(NCC1CCN(CC(F)(F)F)C1)Nc1cn[nH]c1. The third-order valence-electron chi connectivity index (χ3n) is 3.08. The van der Waals surface area contributed by atoms with Crippen molar-refractivity contribution >= 4 is 11.7 Å². The number of carbonyl (C=O) groups excluding carboxylic acids is 1. The fourth-order valence-corrected chi connectivity index (χ4v) is 2.21. The average molecular weight is 291 g/mol. The number of amides is 2. The summed E-state index contributed by atoms with van der Waals surface area (Å²) < 4.78 is 36.7. The third kappa shape index (κ3) is 4.72. The van der Waals surface area contributed by atoms with Crippen LogP contribution in [-0.4, -0.2) is 53.5 Å². The van der Waals surface area contributed by atoms with E-state index in [0.717, 1.165) is 0 Å². The van der Waals surface area contributed by atoms with Crippen LogP contribution in [0.2, 0.25) is 0 Å². The first-order valence-electron chi connectivity index (χ1n) is 6.25. The van der Waals surface area contributed by atoms with Gasteiger partial charge in [-0.1, -0.05) is 0 Å². The number of likely N-dealkylation sites (tertiary alicyclic amines) is 1. The third-order valence-corrected chi connectivity index (χ3v) is 3.08. The number of rotatable bonds is 4. The molecule has 0 bridgehead atoms. The van der Waals surface area contributed by atoms with Crippen LogP contribution in [0, 0.1) is 5.92 Å². The number of nitrogens with one attached hydrogen (secondary N) is 3. The number of alkyl halides is 3. The minimum Gasteiger partial charge on any atom is -0.338 e. The highest BCUT2D eigenvalue weighted by Gasteiger charge is 2.34. The van der Waals surface area contributed by atoms with Crippen LogP contribution in [-0.2, 0) is 0 Å². The molecule has 1 atom stereocenters. The molecule has 2 rings (SSSR count). The standard InChI is InChI=1S/C11H16F3N5O/c12-11(13,14)7-19-2-1-8(6-19)3-15-10(20)18-9-4-16-17-5-9/h4-5,8H,1-3,6-7H2,(H,16,17)(H2,15,18,20). The van der Waals surface area contributed by atoms with Crippen molar-refractivity contribution in [1.29, 1.82) is 0 Å². The summed E-state index contributed by atoms with van der Waals surface area (Å²) in [6.45, 7) is 0.240. The second-order valence-corrected chi connectivity index (χ2v) is 4.83. The first-order valence-corrected chi connectivity index (χ1v) is 6.25. The Morgan fingerprint density at radius 2 is 2.35 bits per heavy atom. The van der Waals surface area contributed by atoms with Crippen LogP contribution in [0.5, 0.6) is 0 Å². The van der Waals surface area contributed by atoms with Crippen molar-refractivity contribution in [2.75, 3.05) is 31.5 Å². The van der Waals surface area contributed by atoms with Crippen LogP contribution in [0.3, 0.4) is 0 Å². The number of H-pyrrole nitrogens is 1. The normalized spacial score (nSPS) is 20.1. The predicted molar refractivity (Wildman–Crippen MR) is 66.2 cm³/mol. The molecular weight excluding hydrogens is 275 g/mol. The quantitative estimate of drug-likeness (QED) is 0.785. The molecule has 2 heterocycles. The van der Waals surface area contributed by atoms with E-state index in [1.807, 2.05) is 0 Å². The van der Waals surface area contributed by atoms with Gasteiger partial charge in [0, 0.05) is 19.3 Å². The molecule has 20 heavy (non-hydrogen) atoms. The summed E-state index contributed by atoms with van der Waals surface area (Å²) in [5.41, 5.74) is 0.535. The summed E-state index contributed by atoms with van der Waals surface area (Å²) in [6, 6.07) is -0.388. The lowest BCUT2D eigenvalue weighted by Crippen LogP contribution is -2.36. The summed E-state index contributed by atoms with van der Waals surface area (Å²) in [4.78, 5) is 12.9. The Labute approximate surface area is 113 Å². The van der Waals surface area contributed by atoms with Crippen molar-refractivity contribution in [3.8, 4) is 0 Å². The number of aromatic nitrogens is 2. The fourth-order valence-electron chi connectivity index (χ4n) is 2.21. The Hall–Kier alpha value is -1.77. The van der Waals surface area contributed by atoms with Gasteiger partial charge in [0.15, 0.2) is 0 Å². The molecule has 1 saturated heterocycles. The smallest absolute Gasteiger partial charge is 0.338 e. The number of urea groups is 1. The second-order valence-electron chi connectivity index (χ2n) is 4.83. The van der Waals surface area contributed by atoms with Gasteiger partial charge < -0.3 is 10.6 Å². The summed E-state index contributed by atoms with van der Waals surface area (Å²) in [7, 11) is 0. The van der Waals surface area contributed by atoms with Gasteiger partial charge in [-0.2, -0.15) is 18.3 Å². The lowest BCUT2D eigenvalue weighted by molar-refractivity contribution is -0.143. The van der Waals surface area contributed by atoms with Gasteiger partial charge in [-0.25, -0.2) is 4.79 Å². The maximum Gasteiger partial charge on any atom is 0.401 e. The van der Waals surface area contributed by atoms with Crippen LogP contribution in [0.25, 0.3) is 0 Å². The highest BCUT2D eigenvalue weighted by atomic mass is 19.4. The zero-order valence-corrected chi connectivity index (χ0v) is 10.7.